The summed E-state index contributed by atoms with van der Waals surface area (Å²) in [6.45, 7) is 0. The van der Waals surface area contributed by atoms with E-state index in [1.807, 2.05) is 0 Å². The molecule has 0 N–H and O–H groups in total. The van der Waals surface area contributed by atoms with E-state index >= 15 is 0 Å². The molecule has 23 heavy (non-hydrogen) atoms. The van der Waals surface area contributed by atoms with Crippen LogP contribution in [0.25, 0.3) is 0 Å². The van der Waals surface area contributed by atoms with Crippen LogP contribution in [-0.4, -0.2) is 23.7 Å². The van der Waals surface area contributed by atoms with Gasteiger partial charge in [0.05, 0.1) is 11.4 Å². The van der Waals surface area contributed by atoms with Crippen LogP contribution in [0.3, 0.4) is 0 Å². The Kier molecular flexibility index (Phi) is 7.90. The molecule has 0 amide bonds. The lowest BCUT2D eigenvalue weighted by molar-refractivity contribution is 0.565. The normalized spacial score (nSPS) is 28.2. The molecule has 3 nitrogen and oxygen atoms in total. The number of aromatic nitrogens is 3. The molecule has 1 aromatic rings. The van der Waals surface area contributed by atoms with E-state index in [-0.39, 0.29) is 0 Å². The molecule has 6 heteroatoms. The first-order valence-corrected chi connectivity index (χ1v) is 12.2. The highest BCUT2D eigenvalue weighted by Crippen LogP contribution is 2.34. The van der Waals surface area contributed by atoms with Gasteiger partial charge in [-0.15, -0.1) is 13.2 Å². The molecule has 0 radical (unpaired) electrons. The second kappa shape index (κ2) is 9.90. The molecular formula is C17H28IN3S2. The van der Waals surface area contributed by atoms with Crippen molar-refractivity contribution in [2.24, 2.45) is 0 Å². The average molecular weight is 465 g/mol. The largest absolute Gasteiger partial charge is 0.152 e. The minimum absolute atomic E-state index is 0.823. The molecule has 2 unspecified atom stereocenters. The van der Waals surface area contributed by atoms with E-state index in [2.05, 4.69) is 56.6 Å². The molecule has 0 saturated heterocycles. The molecule has 2 bridgehead atoms. The van der Waals surface area contributed by atoms with E-state index in [9.17, 15) is 0 Å². The molecule has 1 aliphatic heterocycles. The Bertz CT molecular complexity index is 441. The zero-order valence-corrected chi connectivity index (χ0v) is 17.7. The van der Waals surface area contributed by atoms with Crippen molar-refractivity contribution < 1.29 is 0 Å². The van der Waals surface area contributed by atoms with Crippen molar-refractivity contribution >= 4 is 46.4 Å². The lowest BCUT2D eigenvalue weighted by atomic mass is 10.1. The molecule has 2 atom stereocenters. The van der Waals surface area contributed by atoms with Crippen LogP contribution >= 0.6 is 46.4 Å². The summed E-state index contributed by atoms with van der Waals surface area (Å²) in [5.41, 5.74) is 2.46. The lowest BCUT2D eigenvalue weighted by Crippen LogP contribution is -2.12. The molecule has 1 fully saturated rings. The highest BCUT2D eigenvalue weighted by atomic mass is 127. The first-order valence-electron chi connectivity index (χ1n) is 9.16. The predicted octanol–water partition coefficient (Wildman–Crippen LogP) is 6.00. The van der Waals surface area contributed by atoms with Crippen LogP contribution in [0.5, 0.6) is 0 Å². The summed E-state index contributed by atoms with van der Waals surface area (Å²) in [5, 5.41) is 10.9. The van der Waals surface area contributed by atoms with Gasteiger partial charge in [0.2, 0.25) is 0 Å². The van der Waals surface area contributed by atoms with Gasteiger partial charge in [-0.25, -0.2) is 0 Å². The van der Waals surface area contributed by atoms with Crippen molar-refractivity contribution in [3.63, 3.8) is 0 Å². The summed E-state index contributed by atoms with van der Waals surface area (Å²) in [5.74, 6) is 2.10. The summed E-state index contributed by atoms with van der Waals surface area (Å²) in [7, 11) is 0. The van der Waals surface area contributed by atoms with Crippen LogP contribution in [-0.2, 0) is 11.5 Å². The van der Waals surface area contributed by atoms with Gasteiger partial charge in [-0.2, -0.15) is 23.5 Å². The molecule has 130 valence electrons. The third kappa shape index (κ3) is 6.10. The average Bonchev–Trinajstić information content (AvgIpc) is 2.91. The van der Waals surface area contributed by atoms with Gasteiger partial charge in [0.25, 0.3) is 0 Å². The summed E-state index contributed by atoms with van der Waals surface area (Å²) in [6.07, 6.45) is 15.6. The van der Waals surface area contributed by atoms with Crippen LogP contribution in [0, 0.1) is 0 Å². The predicted molar refractivity (Wildman–Crippen MR) is 110 cm³/mol. The summed E-state index contributed by atoms with van der Waals surface area (Å²) >= 11 is 6.47. The maximum atomic E-state index is 4.61. The highest BCUT2D eigenvalue weighted by Gasteiger charge is 2.21. The second-order valence-corrected chi connectivity index (χ2v) is 10.3. The maximum Gasteiger partial charge on any atom is 0.111 e. The van der Waals surface area contributed by atoms with Gasteiger partial charge in [-0.3, -0.25) is 0 Å². The Hall–Kier alpha value is 0.570. The highest BCUT2D eigenvalue weighted by molar-refractivity contribution is 14.1. The fourth-order valence-electron chi connectivity index (χ4n) is 3.58. The summed E-state index contributed by atoms with van der Waals surface area (Å²) in [4.78, 5) is 0. The Labute approximate surface area is 163 Å². The number of hydrogen-bond donors (Lipinski definition) is 0. The van der Waals surface area contributed by atoms with Gasteiger partial charge in [0, 0.05) is 22.0 Å². The molecule has 2 aliphatic rings. The van der Waals surface area contributed by atoms with E-state index in [1.165, 1.54) is 82.0 Å². The third-order valence-corrected chi connectivity index (χ3v) is 8.21. The van der Waals surface area contributed by atoms with Crippen LogP contribution in [0.2, 0.25) is 0 Å². The molecule has 1 aromatic heterocycles. The van der Waals surface area contributed by atoms with E-state index in [4.69, 9.17) is 0 Å². The maximum absolute atomic E-state index is 4.61. The Morgan fingerprint density at radius 3 is 1.61 bits per heavy atom. The van der Waals surface area contributed by atoms with Crippen molar-refractivity contribution in [3.8, 4) is 0 Å². The molecular weight excluding hydrogens is 437 g/mol. The van der Waals surface area contributed by atoms with Gasteiger partial charge >= 0.3 is 0 Å². The number of fused-ring (bicyclic) bond motifs is 4. The number of halogens is 1. The monoisotopic (exact) mass is 465 g/mol. The van der Waals surface area contributed by atoms with Crippen LogP contribution in [0.1, 0.15) is 82.0 Å². The molecule has 1 aliphatic carbocycles. The Morgan fingerprint density at radius 1 is 0.696 bits per heavy atom. The number of nitrogens with zero attached hydrogens (tertiary/aromatic N) is 3. The zero-order valence-electron chi connectivity index (χ0n) is 13.9. The van der Waals surface area contributed by atoms with E-state index in [0.717, 1.165) is 22.0 Å². The third-order valence-electron chi connectivity index (χ3n) is 5.01. The smallest absolute Gasteiger partial charge is 0.111 e. The van der Waals surface area contributed by atoms with Crippen molar-refractivity contribution in [1.29, 1.82) is 0 Å². The zero-order chi connectivity index (χ0) is 15.9. The van der Waals surface area contributed by atoms with Gasteiger partial charge < -0.3 is 0 Å². The first-order chi connectivity index (χ1) is 11.3. The van der Waals surface area contributed by atoms with Gasteiger partial charge in [0.15, 0.2) is 0 Å². The van der Waals surface area contributed by atoms with E-state index < -0.39 is 0 Å². The van der Waals surface area contributed by atoms with Gasteiger partial charge in [-0.05, 0) is 25.7 Å². The van der Waals surface area contributed by atoms with Gasteiger partial charge in [-0.1, -0.05) is 44.9 Å². The van der Waals surface area contributed by atoms with E-state index in [0.29, 0.717) is 0 Å². The fraction of sp³-hybridized carbons (Fsp3) is 0.882. The Morgan fingerprint density at radius 2 is 1.13 bits per heavy atom. The van der Waals surface area contributed by atoms with Crippen LogP contribution < -0.4 is 0 Å². The topological polar surface area (TPSA) is 30.7 Å². The van der Waals surface area contributed by atoms with Crippen molar-refractivity contribution in [2.75, 3.05) is 0 Å². The fourth-order valence-corrected chi connectivity index (χ4v) is 6.61. The summed E-state index contributed by atoms with van der Waals surface area (Å²) < 4.78 is 1.74. The minimum atomic E-state index is 0.823. The number of rotatable bonds is 0. The molecule has 2 heterocycles. The first kappa shape index (κ1) is 18.4. The Balaban J connectivity index is 1.70. The van der Waals surface area contributed by atoms with E-state index in [1.54, 1.807) is 3.01 Å². The summed E-state index contributed by atoms with van der Waals surface area (Å²) in [6, 6.07) is 0. The molecule has 1 saturated carbocycles. The van der Waals surface area contributed by atoms with Crippen molar-refractivity contribution in [2.45, 2.75) is 92.6 Å². The van der Waals surface area contributed by atoms with Gasteiger partial charge in [0.1, 0.15) is 22.9 Å². The molecule has 0 aromatic carbocycles. The molecule has 3 rings (SSSR count). The van der Waals surface area contributed by atoms with Crippen LogP contribution in [0.4, 0.5) is 0 Å². The standard InChI is InChI=1S/C17H28IN3S2/c18-21-19-16-12-22-14-8-6-4-2-1-3-5-7-9-15(11-10-14)23-13-17(16)20-21/h14-15H,1-13H2. The lowest BCUT2D eigenvalue weighted by Gasteiger charge is -2.22. The van der Waals surface area contributed by atoms with Crippen molar-refractivity contribution in [3.05, 3.63) is 11.4 Å². The van der Waals surface area contributed by atoms with Crippen molar-refractivity contribution in [1.82, 2.24) is 13.2 Å². The number of thioether (sulfide) groups is 2. The van der Waals surface area contributed by atoms with Crippen LogP contribution in [0.15, 0.2) is 0 Å². The minimum Gasteiger partial charge on any atom is -0.152 e. The SMILES string of the molecule is In1nc2c(n1)CSC1CCCCCCCCCC(CC1)SC2. The molecule has 0 spiro atoms. The number of hydrogen-bond acceptors (Lipinski definition) is 4. The second-order valence-electron chi connectivity index (χ2n) is 6.83. The quantitative estimate of drug-likeness (QED) is 0.440.